The van der Waals surface area contributed by atoms with Crippen LogP contribution in [-0.2, 0) is 23.9 Å². The molecule has 0 spiro atoms. The highest BCUT2D eigenvalue weighted by atomic mass is 16.6. The Morgan fingerprint density at radius 1 is 1.03 bits per heavy atom. The average Bonchev–Trinajstić information content (AvgIpc) is 2.97. The molecule has 3 aliphatic rings. The second-order valence-corrected chi connectivity index (χ2v) is 7.33. The predicted octanol–water partition coefficient (Wildman–Crippen LogP) is 1.11. The molecule has 2 atom stereocenters. The van der Waals surface area contributed by atoms with Gasteiger partial charge in [0.2, 0.25) is 11.8 Å². The Bertz CT molecular complexity index is 829. The van der Waals surface area contributed by atoms with Gasteiger partial charge in [-0.15, -0.1) is 0 Å². The number of ether oxygens (including phenoxy) is 3. The number of carbonyl (C=O) groups is 4. The summed E-state index contributed by atoms with van der Waals surface area (Å²) in [7, 11) is 0. The minimum Gasteiger partial charge on any atom is -0.486 e. The minimum absolute atomic E-state index is 0.308. The van der Waals surface area contributed by atoms with E-state index in [-0.39, 0.29) is 23.7 Å². The van der Waals surface area contributed by atoms with Gasteiger partial charge in [0.15, 0.2) is 18.1 Å². The first-order chi connectivity index (χ1) is 14.0. The molecule has 0 bridgehead atoms. The summed E-state index contributed by atoms with van der Waals surface area (Å²) >= 11 is 0. The van der Waals surface area contributed by atoms with Crippen molar-refractivity contribution in [3.63, 3.8) is 0 Å². The number of benzene rings is 1. The van der Waals surface area contributed by atoms with Crippen molar-refractivity contribution in [2.45, 2.75) is 25.7 Å². The molecule has 9 heteroatoms. The Kier molecular flexibility index (Phi) is 5.37. The number of nitrogens with zero attached hydrogens (tertiary/aromatic N) is 1. The number of fused-ring (bicyclic) bond motifs is 2. The Morgan fingerprint density at radius 3 is 2.38 bits per heavy atom. The van der Waals surface area contributed by atoms with E-state index in [9.17, 15) is 19.2 Å². The van der Waals surface area contributed by atoms with Gasteiger partial charge in [-0.05, 0) is 25.0 Å². The van der Waals surface area contributed by atoms with Crippen LogP contribution in [0.1, 0.15) is 25.7 Å². The average molecular weight is 402 g/mol. The first-order valence-corrected chi connectivity index (χ1v) is 9.73. The third-order valence-corrected chi connectivity index (χ3v) is 5.41. The SMILES string of the molecule is O=C(COC(=O)CN1C(=O)C2CCCCC2C1=O)Nc1ccc2c(c1)OCCO2. The van der Waals surface area contributed by atoms with Gasteiger partial charge in [-0.3, -0.25) is 24.1 Å². The maximum atomic E-state index is 12.4. The van der Waals surface area contributed by atoms with E-state index in [0.717, 1.165) is 17.7 Å². The van der Waals surface area contributed by atoms with Gasteiger partial charge in [-0.25, -0.2) is 0 Å². The van der Waals surface area contributed by atoms with Crippen LogP contribution >= 0.6 is 0 Å². The molecule has 3 amide bonds. The van der Waals surface area contributed by atoms with E-state index in [1.54, 1.807) is 18.2 Å². The lowest BCUT2D eigenvalue weighted by Crippen LogP contribution is -2.37. The fourth-order valence-electron chi connectivity index (χ4n) is 4.03. The fraction of sp³-hybridized carbons (Fsp3) is 0.500. The van der Waals surface area contributed by atoms with Gasteiger partial charge in [0.1, 0.15) is 19.8 Å². The summed E-state index contributed by atoms with van der Waals surface area (Å²) in [5.41, 5.74) is 0.476. The van der Waals surface area contributed by atoms with E-state index in [4.69, 9.17) is 14.2 Å². The van der Waals surface area contributed by atoms with Gasteiger partial charge in [-0.2, -0.15) is 0 Å². The number of hydrogen-bond donors (Lipinski definition) is 1. The number of anilines is 1. The van der Waals surface area contributed by atoms with Crippen molar-refractivity contribution in [3.05, 3.63) is 18.2 Å². The summed E-state index contributed by atoms with van der Waals surface area (Å²) in [6.07, 6.45) is 3.19. The number of esters is 1. The second kappa shape index (κ2) is 8.10. The zero-order valence-corrected chi connectivity index (χ0v) is 15.8. The van der Waals surface area contributed by atoms with Crippen molar-refractivity contribution < 1.29 is 33.4 Å². The predicted molar refractivity (Wildman–Crippen MR) is 99.2 cm³/mol. The van der Waals surface area contributed by atoms with Gasteiger partial charge in [-0.1, -0.05) is 12.8 Å². The van der Waals surface area contributed by atoms with Crippen molar-refractivity contribution in [2.75, 3.05) is 31.7 Å². The van der Waals surface area contributed by atoms with Crippen molar-refractivity contribution >= 4 is 29.4 Å². The summed E-state index contributed by atoms with van der Waals surface area (Å²) in [5.74, 6) is -1.45. The third-order valence-electron chi connectivity index (χ3n) is 5.41. The number of nitrogens with one attached hydrogen (secondary N) is 1. The molecule has 4 rings (SSSR count). The number of carbonyl (C=O) groups excluding carboxylic acids is 4. The Morgan fingerprint density at radius 2 is 1.69 bits per heavy atom. The zero-order chi connectivity index (χ0) is 20.4. The molecule has 2 unspecified atom stereocenters. The highest BCUT2D eigenvalue weighted by Gasteiger charge is 2.48. The van der Waals surface area contributed by atoms with Crippen LogP contribution < -0.4 is 14.8 Å². The van der Waals surface area contributed by atoms with Crippen LogP contribution in [0.2, 0.25) is 0 Å². The van der Waals surface area contributed by atoms with E-state index < -0.39 is 25.0 Å². The molecule has 1 aromatic rings. The van der Waals surface area contributed by atoms with Crippen LogP contribution in [-0.4, -0.2) is 55.0 Å². The first kappa shape index (κ1) is 19.2. The fourth-order valence-corrected chi connectivity index (χ4v) is 4.03. The molecule has 1 saturated heterocycles. The molecule has 1 aromatic carbocycles. The molecule has 1 saturated carbocycles. The number of imide groups is 1. The van der Waals surface area contributed by atoms with Crippen LogP contribution in [0, 0.1) is 11.8 Å². The lowest BCUT2D eigenvalue weighted by atomic mass is 9.81. The maximum absolute atomic E-state index is 12.4. The van der Waals surface area contributed by atoms with Gasteiger partial charge in [0.25, 0.3) is 5.91 Å². The smallest absolute Gasteiger partial charge is 0.326 e. The van der Waals surface area contributed by atoms with E-state index >= 15 is 0 Å². The molecule has 154 valence electrons. The molecule has 0 radical (unpaired) electrons. The third kappa shape index (κ3) is 4.03. The lowest BCUT2D eigenvalue weighted by molar-refractivity contribution is -0.154. The second-order valence-electron chi connectivity index (χ2n) is 7.33. The van der Waals surface area contributed by atoms with Gasteiger partial charge in [0.05, 0.1) is 11.8 Å². The summed E-state index contributed by atoms with van der Waals surface area (Å²) in [4.78, 5) is 49.8. The van der Waals surface area contributed by atoms with Crippen molar-refractivity contribution in [1.82, 2.24) is 4.90 Å². The van der Waals surface area contributed by atoms with Crippen LogP contribution in [0.25, 0.3) is 0 Å². The largest absolute Gasteiger partial charge is 0.486 e. The Balaban J connectivity index is 1.27. The number of amides is 3. The molecular weight excluding hydrogens is 380 g/mol. The standard InChI is InChI=1S/C20H22N2O7/c23-17(21-12-5-6-15-16(9-12)28-8-7-27-15)11-29-18(24)10-22-19(25)13-3-1-2-4-14(13)20(22)26/h5-6,9,13-14H,1-4,7-8,10-11H2,(H,21,23). The molecule has 29 heavy (non-hydrogen) atoms. The molecule has 2 fully saturated rings. The maximum Gasteiger partial charge on any atom is 0.326 e. The highest BCUT2D eigenvalue weighted by molar-refractivity contribution is 6.07. The van der Waals surface area contributed by atoms with Gasteiger partial charge < -0.3 is 19.5 Å². The summed E-state index contributed by atoms with van der Waals surface area (Å²) in [6, 6.07) is 4.95. The Labute approximate surface area is 167 Å². The van der Waals surface area contributed by atoms with Crippen molar-refractivity contribution in [1.29, 1.82) is 0 Å². The number of hydrogen-bond acceptors (Lipinski definition) is 7. The molecule has 9 nitrogen and oxygen atoms in total. The highest BCUT2D eigenvalue weighted by Crippen LogP contribution is 2.38. The minimum atomic E-state index is -0.789. The molecule has 1 N–H and O–H groups in total. The normalized spacial score (nSPS) is 22.8. The summed E-state index contributed by atoms with van der Waals surface area (Å²) in [5, 5.41) is 2.60. The van der Waals surface area contributed by atoms with Crippen LogP contribution in [0.15, 0.2) is 18.2 Å². The van der Waals surface area contributed by atoms with Crippen LogP contribution in [0.5, 0.6) is 11.5 Å². The zero-order valence-electron chi connectivity index (χ0n) is 15.8. The monoisotopic (exact) mass is 402 g/mol. The quantitative estimate of drug-likeness (QED) is 0.580. The van der Waals surface area contributed by atoms with E-state index in [1.165, 1.54) is 0 Å². The number of likely N-dealkylation sites (tertiary alicyclic amines) is 1. The summed E-state index contributed by atoms with van der Waals surface area (Å²) in [6.45, 7) is -0.0752. The molecule has 2 heterocycles. The van der Waals surface area contributed by atoms with E-state index in [2.05, 4.69) is 5.32 Å². The molecular formula is C20H22N2O7. The molecule has 0 aromatic heterocycles. The van der Waals surface area contributed by atoms with Crippen LogP contribution in [0.4, 0.5) is 5.69 Å². The van der Waals surface area contributed by atoms with Crippen LogP contribution in [0.3, 0.4) is 0 Å². The summed E-state index contributed by atoms with van der Waals surface area (Å²) < 4.78 is 15.8. The molecule has 1 aliphatic carbocycles. The van der Waals surface area contributed by atoms with Gasteiger partial charge >= 0.3 is 5.97 Å². The Hall–Kier alpha value is -3.10. The number of rotatable bonds is 5. The first-order valence-electron chi connectivity index (χ1n) is 9.73. The van der Waals surface area contributed by atoms with Crippen molar-refractivity contribution in [3.8, 4) is 11.5 Å². The lowest BCUT2D eigenvalue weighted by Gasteiger charge is -2.19. The van der Waals surface area contributed by atoms with Gasteiger partial charge in [0, 0.05) is 11.8 Å². The topological polar surface area (TPSA) is 111 Å². The van der Waals surface area contributed by atoms with E-state index in [0.29, 0.717) is 43.2 Å². The van der Waals surface area contributed by atoms with Crippen molar-refractivity contribution in [2.24, 2.45) is 11.8 Å². The molecule has 2 aliphatic heterocycles. The van der Waals surface area contributed by atoms with E-state index in [1.807, 2.05) is 0 Å².